The Hall–Kier alpha value is -2.36. The van der Waals surface area contributed by atoms with Crippen LogP contribution in [-0.4, -0.2) is 25.9 Å². The minimum Gasteiger partial charge on any atom is -0.381 e. The SMILES string of the molecule is CC1NN([C@H](C)[C@](O)(Cn2cncn2)c2ccc(F)cc2F)c2ccc(Br)cc21. The number of aliphatic hydroxyl groups is 1. The summed E-state index contributed by atoms with van der Waals surface area (Å²) in [7, 11) is 0. The van der Waals surface area contributed by atoms with Gasteiger partial charge in [0, 0.05) is 16.1 Å². The minimum atomic E-state index is -1.73. The molecular weight excluding hydrogens is 444 g/mol. The summed E-state index contributed by atoms with van der Waals surface area (Å²) < 4.78 is 30.7. The van der Waals surface area contributed by atoms with Crippen molar-refractivity contribution in [3.05, 3.63) is 76.3 Å². The molecule has 1 aliphatic heterocycles. The lowest BCUT2D eigenvalue weighted by atomic mass is 9.85. The third kappa shape index (κ3) is 3.54. The van der Waals surface area contributed by atoms with Gasteiger partial charge >= 0.3 is 0 Å². The first kappa shape index (κ1) is 19.9. The van der Waals surface area contributed by atoms with Gasteiger partial charge in [-0.15, -0.1) is 0 Å². The van der Waals surface area contributed by atoms with E-state index in [0.717, 1.165) is 27.9 Å². The number of halogens is 3. The topological polar surface area (TPSA) is 66.2 Å². The first-order chi connectivity index (χ1) is 13.8. The number of benzene rings is 2. The number of nitrogens with one attached hydrogen (secondary N) is 1. The number of anilines is 1. The van der Waals surface area contributed by atoms with Crippen molar-refractivity contribution in [2.75, 3.05) is 5.01 Å². The average molecular weight is 464 g/mol. The number of hydrazine groups is 1. The number of nitrogens with zero attached hydrogens (tertiary/aromatic N) is 4. The fourth-order valence-electron chi connectivity index (χ4n) is 3.82. The molecule has 0 radical (unpaired) electrons. The van der Waals surface area contributed by atoms with E-state index in [1.807, 2.05) is 30.1 Å². The van der Waals surface area contributed by atoms with Crippen LogP contribution >= 0.6 is 15.9 Å². The van der Waals surface area contributed by atoms with E-state index in [1.165, 1.54) is 23.4 Å². The van der Waals surface area contributed by atoms with E-state index in [0.29, 0.717) is 0 Å². The van der Waals surface area contributed by atoms with Gasteiger partial charge in [0.2, 0.25) is 0 Å². The Morgan fingerprint density at radius 3 is 2.76 bits per heavy atom. The molecule has 1 aliphatic rings. The highest BCUT2D eigenvalue weighted by Gasteiger charge is 2.44. The Kier molecular flexibility index (Phi) is 5.14. The molecule has 1 aromatic heterocycles. The molecule has 3 aromatic rings. The molecule has 29 heavy (non-hydrogen) atoms. The van der Waals surface area contributed by atoms with Crippen LogP contribution in [0.2, 0.25) is 0 Å². The maximum absolute atomic E-state index is 14.8. The van der Waals surface area contributed by atoms with Crippen LogP contribution in [-0.2, 0) is 12.1 Å². The third-order valence-corrected chi connectivity index (χ3v) is 5.89. The summed E-state index contributed by atoms with van der Waals surface area (Å²) in [5, 5.41) is 17.7. The second kappa shape index (κ2) is 7.47. The van der Waals surface area contributed by atoms with Crippen molar-refractivity contribution in [2.24, 2.45) is 0 Å². The number of hydrogen-bond acceptors (Lipinski definition) is 5. The fraction of sp³-hybridized carbons (Fsp3) is 0.300. The average Bonchev–Trinajstić information content (AvgIpc) is 3.29. The Bertz CT molecular complexity index is 1030. The summed E-state index contributed by atoms with van der Waals surface area (Å²) in [6, 6.07) is 8.42. The van der Waals surface area contributed by atoms with E-state index in [4.69, 9.17) is 0 Å². The van der Waals surface area contributed by atoms with Gasteiger partial charge in [0.25, 0.3) is 0 Å². The second-order valence-electron chi connectivity index (χ2n) is 7.24. The third-order valence-electron chi connectivity index (χ3n) is 5.39. The fourth-order valence-corrected chi connectivity index (χ4v) is 4.20. The van der Waals surface area contributed by atoms with Crippen LogP contribution in [0.1, 0.15) is 31.0 Å². The highest BCUT2D eigenvalue weighted by molar-refractivity contribution is 9.10. The zero-order valence-electron chi connectivity index (χ0n) is 15.9. The van der Waals surface area contributed by atoms with Gasteiger partial charge in [-0.1, -0.05) is 22.0 Å². The Morgan fingerprint density at radius 2 is 2.07 bits per heavy atom. The van der Waals surface area contributed by atoms with Gasteiger partial charge in [-0.25, -0.2) is 23.9 Å². The van der Waals surface area contributed by atoms with Crippen LogP contribution in [0.3, 0.4) is 0 Å². The molecule has 3 atom stereocenters. The molecule has 4 rings (SSSR count). The number of rotatable bonds is 5. The van der Waals surface area contributed by atoms with Gasteiger partial charge in [0.05, 0.1) is 24.3 Å². The monoisotopic (exact) mass is 463 g/mol. The number of fused-ring (bicyclic) bond motifs is 1. The molecule has 0 saturated carbocycles. The smallest absolute Gasteiger partial charge is 0.137 e. The molecular formula is C20H20BrF2N5O. The molecule has 6 nitrogen and oxygen atoms in total. The first-order valence-corrected chi connectivity index (χ1v) is 9.94. The molecule has 0 amide bonds. The Balaban J connectivity index is 1.79. The maximum Gasteiger partial charge on any atom is 0.137 e. The second-order valence-corrected chi connectivity index (χ2v) is 8.16. The molecule has 1 unspecified atom stereocenters. The van der Waals surface area contributed by atoms with Crippen LogP contribution < -0.4 is 10.4 Å². The van der Waals surface area contributed by atoms with E-state index < -0.39 is 23.3 Å². The van der Waals surface area contributed by atoms with Crippen LogP contribution in [0, 0.1) is 11.6 Å². The first-order valence-electron chi connectivity index (χ1n) is 9.15. The molecule has 0 saturated heterocycles. The number of aromatic nitrogens is 3. The Morgan fingerprint density at radius 1 is 1.28 bits per heavy atom. The van der Waals surface area contributed by atoms with Gasteiger partial charge in [-0.05, 0) is 43.7 Å². The van der Waals surface area contributed by atoms with Gasteiger partial charge in [0.1, 0.15) is 29.9 Å². The van der Waals surface area contributed by atoms with E-state index in [-0.39, 0.29) is 18.2 Å². The van der Waals surface area contributed by atoms with Gasteiger partial charge in [-0.3, -0.25) is 0 Å². The van der Waals surface area contributed by atoms with E-state index in [2.05, 4.69) is 31.4 Å². The van der Waals surface area contributed by atoms with Crippen molar-refractivity contribution in [2.45, 2.75) is 38.1 Å². The van der Waals surface area contributed by atoms with Crippen LogP contribution in [0.5, 0.6) is 0 Å². The van der Waals surface area contributed by atoms with Gasteiger partial charge in [0.15, 0.2) is 0 Å². The van der Waals surface area contributed by atoms with E-state index in [1.54, 1.807) is 6.92 Å². The van der Waals surface area contributed by atoms with E-state index in [9.17, 15) is 13.9 Å². The molecule has 2 heterocycles. The summed E-state index contributed by atoms with van der Waals surface area (Å²) in [6.07, 6.45) is 2.79. The molecule has 152 valence electrons. The van der Waals surface area contributed by atoms with Crippen molar-refractivity contribution in [3.63, 3.8) is 0 Å². The minimum absolute atomic E-state index is 0.00126. The predicted molar refractivity (Wildman–Crippen MR) is 108 cm³/mol. The molecule has 0 bridgehead atoms. The molecule has 0 aliphatic carbocycles. The lowest BCUT2D eigenvalue weighted by Gasteiger charge is -2.40. The normalized spacial score (nSPS) is 19.1. The van der Waals surface area contributed by atoms with Crippen molar-refractivity contribution in [1.29, 1.82) is 0 Å². The quantitative estimate of drug-likeness (QED) is 0.603. The van der Waals surface area contributed by atoms with Crippen molar-refractivity contribution < 1.29 is 13.9 Å². The molecule has 0 fully saturated rings. The summed E-state index contributed by atoms with van der Waals surface area (Å²) >= 11 is 3.48. The number of hydrogen-bond donors (Lipinski definition) is 2. The zero-order chi connectivity index (χ0) is 20.8. The maximum atomic E-state index is 14.8. The summed E-state index contributed by atoms with van der Waals surface area (Å²) in [4.78, 5) is 3.90. The van der Waals surface area contributed by atoms with Crippen molar-refractivity contribution in [3.8, 4) is 0 Å². The highest BCUT2D eigenvalue weighted by Crippen LogP contribution is 2.40. The molecule has 2 aromatic carbocycles. The summed E-state index contributed by atoms with van der Waals surface area (Å²) in [5.74, 6) is -1.52. The van der Waals surface area contributed by atoms with Crippen molar-refractivity contribution >= 4 is 21.6 Å². The summed E-state index contributed by atoms with van der Waals surface area (Å²) in [6.45, 7) is 3.73. The molecule has 0 spiro atoms. The van der Waals surface area contributed by atoms with Gasteiger partial charge in [-0.2, -0.15) is 5.10 Å². The Labute approximate surface area is 175 Å². The molecule has 9 heteroatoms. The van der Waals surface area contributed by atoms with Crippen molar-refractivity contribution in [1.82, 2.24) is 20.2 Å². The zero-order valence-corrected chi connectivity index (χ0v) is 17.4. The largest absolute Gasteiger partial charge is 0.381 e. The standard InChI is InChI=1S/C20H20BrF2N5O/c1-12-16-7-14(21)3-6-19(16)28(26-12)13(2)20(29,9-27-11-24-10-25-27)17-5-4-15(22)8-18(17)23/h3-8,10-13,26,29H,9H2,1-2H3/t12?,13-,20-/m1/s1. The van der Waals surface area contributed by atoms with Crippen LogP contribution in [0.4, 0.5) is 14.5 Å². The van der Waals surface area contributed by atoms with Gasteiger partial charge < -0.3 is 10.1 Å². The summed E-state index contributed by atoms with van der Waals surface area (Å²) in [5.41, 5.74) is 3.53. The highest BCUT2D eigenvalue weighted by atomic mass is 79.9. The lowest BCUT2D eigenvalue weighted by molar-refractivity contribution is -0.0136. The van der Waals surface area contributed by atoms with Crippen LogP contribution in [0.25, 0.3) is 0 Å². The molecule has 2 N–H and O–H groups in total. The van der Waals surface area contributed by atoms with E-state index >= 15 is 0 Å². The lowest BCUT2D eigenvalue weighted by Crippen LogP contribution is -2.55. The predicted octanol–water partition coefficient (Wildman–Crippen LogP) is 3.68. The van der Waals surface area contributed by atoms with Crippen LogP contribution in [0.15, 0.2) is 53.5 Å².